The van der Waals surface area contributed by atoms with Crippen molar-refractivity contribution in [1.29, 1.82) is 0 Å². The summed E-state index contributed by atoms with van der Waals surface area (Å²) >= 11 is 12.2. The quantitative estimate of drug-likeness (QED) is 0.473. The summed E-state index contributed by atoms with van der Waals surface area (Å²) in [6.45, 7) is 8.25. The van der Waals surface area contributed by atoms with E-state index in [4.69, 9.17) is 23.2 Å². The summed E-state index contributed by atoms with van der Waals surface area (Å²) in [6.07, 6.45) is 2.31. The van der Waals surface area contributed by atoms with Crippen LogP contribution in [0.4, 0.5) is 0 Å². The molecule has 0 saturated carbocycles. The molecule has 0 aliphatic rings. The summed E-state index contributed by atoms with van der Waals surface area (Å²) in [5.41, 5.74) is 3.13. The molecule has 2 aromatic carbocycles. The molecule has 2 unspecified atom stereocenters. The van der Waals surface area contributed by atoms with E-state index in [0.29, 0.717) is 35.9 Å². The molecule has 0 heterocycles. The first kappa shape index (κ1) is 25.2. The molecule has 2 atom stereocenters. The second-order valence-corrected chi connectivity index (χ2v) is 8.81. The summed E-state index contributed by atoms with van der Waals surface area (Å²) in [7, 11) is 0. The van der Waals surface area contributed by atoms with Gasteiger partial charge in [0, 0.05) is 19.0 Å². The van der Waals surface area contributed by atoms with Gasteiger partial charge in [0.2, 0.25) is 11.8 Å². The molecule has 0 aliphatic carbocycles. The predicted octanol–water partition coefficient (Wildman–Crippen LogP) is 5.96. The zero-order valence-electron chi connectivity index (χ0n) is 18.8. The van der Waals surface area contributed by atoms with Crippen molar-refractivity contribution in [2.24, 2.45) is 0 Å². The summed E-state index contributed by atoms with van der Waals surface area (Å²) in [5.74, 6) is -0.182. The first-order chi connectivity index (χ1) is 14.7. The second-order valence-electron chi connectivity index (χ2n) is 8.00. The molecule has 0 radical (unpaired) electrons. The number of amides is 2. The minimum atomic E-state index is -0.547. The maximum absolute atomic E-state index is 13.3. The molecule has 0 aliphatic heterocycles. The van der Waals surface area contributed by atoms with E-state index in [1.165, 1.54) is 5.56 Å². The van der Waals surface area contributed by atoms with Crippen LogP contribution in [0, 0.1) is 6.92 Å². The summed E-state index contributed by atoms with van der Waals surface area (Å²) in [6, 6.07) is 13.0. The Balaban J connectivity index is 2.23. The van der Waals surface area contributed by atoms with Crippen LogP contribution in [0.1, 0.15) is 56.7 Å². The van der Waals surface area contributed by atoms with Crippen LogP contribution in [0.2, 0.25) is 10.0 Å². The zero-order valence-corrected chi connectivity index (χ0v) is 20.3. The lowest BCUT2D eigenvalue weighted by Crippen LogP contribution is -2.50. The first-order valence-electron chi connectivity index (χ1n) is 10.8. The summed E-state index contributed by atoms with van der Waals surface area (Å²) in [5, 5.41) is 3.92. The average molecular weight is 463 g/mol. The van der Waals surface area contributed by atoms with Crippen molar-refractivity contribution >= 4 is 35.0 Å². The Kier molecular flexibility index (Phi) is 9.86. The molecule has 0 spiro atoms. The maximum atomic E-state index is 13.3. The molecule has 2 amide bonds. The minimum absolute atomic E-state index is 0.0519. The molecular weight excluding hydrogens is 431 g/mol. The molecular formula is C25H32Cl2N2O2. The number of nitrogens with zero attached hydrogens (tertiary/aromatic N) is 1. The number of aryl methyl sites for hydroxylation is 2. The van der Waals surface area contributed by atoms with E-state index in [1.807, 2.05) is 58.0 Å². The number of carbonyl (C=O) groups is 2. The largest absolute Gasteiger partial charge is 0.352 e. The minimum Gasteiger partial charge on any atom is -0.352 e. The lowest BCUT2D eigenvalue weighted by molar-refractivity contribution is -0.141. The van der Waals surface area contributed by atoms with Gasteiger partial charge in [0.25, 0.3) is 0 Å². The van der Waals surface area contributed by atoms with Crippen LogP contribution >= 0.6 is 23.2 Å². The number of hydrogen-bond acceptors (Lipinski definition) is 2. The van der Waals surface area contributed by atoms with Crippen molar-refractivity contribution in [3.63, 3.8) is 0 Å². The normalized spacial score (nSPS) is 12.8. The molecule has 4 nitrogen and oxygen atoms in total. The number of rotatable bonds is 10. The van der Waals surface area contributed by atoms with E-state index >= 15 is 0 Å². The Hall–Kier alpha value is -2.04. The predicted molar refractivity (Wildman–Crippen MR) is 128 cm³/mol. The van der Waals surface area contributed by atoms with E-state index in [2.05, 4.69) is 5.32 Å². The van der Waals surface area contributed by atoms with Crippen LogP contribution in [0.15, 0.2) is 42.5 Å². The molecule has 2 aromatic rings. The fourth-order valence-corrected chi connectivity index (χ4v) is 3.67. The van der Waals surface area contributed by atoms with Crippen molar-refractivity contribution in [2.45, 2.75) is 72.0 Å². The highest BCUT2D eigenvalue weighted by atomic mass is 35.5. The van der Waals surface area contributed by atoms with Crippen molar-refractivity contribution in [2.75, 3.05) is 0 Å². The monoisotopic (exact) mass is 462 g/mol. The van der Waals surface area contributed by atoms with Crippen molar-refractivity contribution in [1.82, 2.24) is 10.2 Å². The molecule has 31 heavy (non-hydrogen) atoms. The molecule has 6 heteroatoms. The number of carbonyl (C=O) groups excluding carboxylic acids is 2. The van der Waals surface area contributed by atoms with Gasteiger partial charge in [-0.2, -0.15) is 0 Å². The van der Waals surface area contributed by atoms with Gasteiger partial charge in [-0.3, -0.25) is 9.59 Å². The number of hydrogen-bond donors (Lipinski definition) is 1. The molecule has 0 fully saturated rings. The topological polar surface area (TPSA) is 49.4 Å². The van der Waals surface area contributed by atoms with Gasteiger partial charge in [0.15, 0.2) is 0 Å². The van der Waals surface area contributed by atoms with Crippen LogP contribution in [-0.2, 0) is 22.6 Å². The molecule has 2 rings (SSSR count). The smallest absolute Gasteiger partial charge is 0.243 e. The standard InChI is InChI=1S/C25H32Cl2N2O2/c1-5-18(4)28-25(31)23(6-2)29(16-20-11-13-21(26)22(27)15-20)24(30)14-12-19-9-7-17(3)8-10-19/h7-11,13,15,18,23H,5-6,12,14,16H2,1-4H3,(H,28,31). The van der Waals surface area contributed by atoms with Crippen molar-refractivity contribution < 1.29 is 9.59 Å². The number of halogens is 2. The van der Waals surface area contributed by atoms with Crippen LogP contribution in [0.5, 0.6) is 0 Å². The molecule has 1 N–H and O–H groups in total. The van der Waals surface area contributed by atoms with Crippen LogP contribution < -0.4 is 5.32 Å². The third-order valence-corrected chi connectivity index (χ3v) is 6.21. The van der Waals surface area contributed by atoms with E-state index < -0.39 is 6.04 Å². The Morgan fingerprint density at radius 3 is 2.19 bits per heavy atom. The summed E-state index contributed by atoms with van der Waals surface area (Å²) < 4.78 is 0. The average Bonchev–Trinajstić information content (AvgIpc) is 2.75. The van der Waals surface area contributed by atoms with Crippen molar-refractivity contribution in [3.05, 3.63) is 69.2 Å². The van der Waals surface area contributed by atoms with Crippen LogP contribution in [0.25, 0.3) is 0 Å². The Labute approximate surface area is 195 Å². The van der Waals surface area contributed by atoms with E-state index in [1.54, 1.807) is 17.0 Å². The highest BCUT2D eigenvalue weighted by Gasteiger charge is 2.29. The van der Waals surface area contributed by atoms with E-state index in [0.717, 1.165) is 17.5 Å². The third kappa shape index (κ3) is 7.55. The molecule has 0 saturated heterocycles. The Morgan fingerprint density at radius 1 is 0.968 bits per heavy atom. The van der Waals surface area contributed by atoms with Gasteiger partial charge < -0.3 is 10.2 Å². The van der Waals surface area contributed by atoms with Gasteiger partial charge in [-0.1, -0.05) is 72.9 Å². The SMILES string of the molecule is CCC(C)NC(=O)C(CC)N(Cc1ccc(Cl)c(Cl)c1)C(=O)CCc1ccc(C)cc1. The Bertz CT molecular complexity index is 884. The van der Waals surface area contributed by atoms with Gasteiger partial charge in [0.1, 0.15) is 6.04 Å². The van der Waals surface area contributed by atoms with Crippen LogP contribution in [0.3, 0.4) is 0 Å². The lowest BCUT2D eigenvalue weighted by atomic mass is 10.0. The summed E-state index contributed by atoms with van der Waals surface area (Å²) in [4.78, 5) is 27.9. The van der Waals surface area contributed by atoms with Crippen molar-refractivity contribution in [3.8, 4) is 0 Å². The second kappa shape index (κ2) is 12.1. The highest BCUT2D eigenvalue weighted by molar-refractivity contribution is 6.42. The molecule has 0 bridgehead atoms. The highest BCUT2D eigenvalue weighted by Crippen LogP contribution is 2.24. The fourth-order valence-electron chi connectivity index (χ4n) is 3.34. The number of nitrogens with one attached hydrogen (secondary N) is 1. The van der Waals surface area contributed by atoms with E-state index in [9.17, 15) is 9.59 Å². The molecule has 0 aromatic heterocycles. The van der Waals surface area contributed by atoms with Gasteiger partial charge >= 0.3 is 0 Å². The van der Waals surface area contributed by atoms with Gasteiger partial charge in [-0.05, 0) is 56.4 Å². The zero-order chi connectivity index (χ0) is 23.0. The van der Waals surface area contributed by atoms with E-state index in [-0.39, 0.29) is 17.9 Å². The van der Waals surface area contributed by atoms with Crippen LogP contribution in [-0.4, -0.2) is 28.8 Å². The maximum Gasteiger partial charge on any atom is 0.243 e. The van der Waals surface area contributed by atoms with Gasteiger partial charge in [-0.25, -0.2) is 0 Å². The third-order valence-electron chi connectivity index (χ3n) is 5.47. The Morgan fingerprint density at radius 2 is 1.61 bits per heavy atom. The lowest BCUT2D eigenvalue weighted by Gasteiger charge is -2.31. The number of benzene rings is 2. The van der Waals surface area contributed by atoms with Gasteiger partial charge in [-0.15, -0.1) is 0 Å². The fraction of sp³-hybridized carbons (Fsp3) is 0.440. The molecule has 168 valence electrons. The first-order valence-corrected chi connectivity index (χ1v) is 11.6. The van der Waals surface area contributed by atoms with Gasteiger partial charge in [0.05, 0.1) is 10.0 Å².